The summed E-state index contributed by atoms with van der Waals surface area (Å²) >= 11 is 5.17. The first-order chi connectivity index (χ1) is 8.84. The molecule has 3 nitrogen and oxygen atoms in total. The van der Waals surface area contributed by atoms with E-state index in [1.165, 1.54) is 0 Å². The number of hydrogen-bond acceptors (Lipinski definition) is 4. The number of halogens is 1. The SMILES string of the molecule is Brc1c(OCc2nccs2)ccc2cnccc12. The minimum atomic E-state index is 0.493. The van der Waals surface area contributed by atoms with Gasteiger partial charge in [-0.2, -0.15) is 0 Å². The van der Waals surface area contributed by atoms with Crippen molar-refractivity contribution in [1.82, 2.24) is 9.97 Å². The van der Waals surface area contributed by atoms with Gasteiger partial charge in [0.15, 0.2) is 0 Å². The van der Waals surface area contributed by atoms with Crippen LogP contribution in [0, 0.1) is 0 Å². The van der Waals surface area contributed by atoms with Gasteiger partial charge in [-0.05, 0) is 34.1 Å². The average Bonchev–Trinajstić information content (AvgIpc) is 2.91. The second kappa shape index (κ2) is 5.04. The van der Waals surface area contributed by atoms with E-state index < -0.39 is 0 Å². The summed E-state index contributed by atoms with van der Waals surface area (Å²) < 4.78 is 6.73. The fourth-order valence-electron chi connectivity index (χ4n) is 1.69. The van der Waals surface area contributed by atoms with E-state index in [-0.39, 0.29) is 0 Å². The van der Waals surface area contributed by atoms with Crippen LogP contribution < -0.4 is 4.74 Å². The molecule has 90 valence electrons. The van der Waals surface area contributed by atoms with Crippen LogP contribution in [0.25, 0.3) is 10.8 Å². The molecule has 0 fully saturated rings. The molecule has 2 aromatic heterocycles. The fourth-order valence-corrected chi connectivity index (χ4v) is 2.82. The van der Waals surface area contributed by atoms with Crippen LogP contribution in [0.5, 0.6) is 5.75 Å². The zero-order valence-electron chi connectivity index (χ0n) is 9.34. The van der Waals surface area contributed by atoms with Crippen LogP contribution in [-0.2, 0) is 6.61 Å². The van der Waals surface area contributed by atoms with Crippen molar-refractivity contribution in [2.45, 2.75) is 6.61 Å². The molecule has 0 amide bonds. The first-order valence-electron chi connectivity index (χ1n) is 5.38. The maximum Gasteiger partial charge on any atom is 0.140 e. The zero-order chi connectivity index (χ0) is 12.4. The Balaban J connectivity index is 1.90. The number of benzene rings is 1. The fraction of sp³-hybridized carbons (Fsp3) is 0.0769. The number of rotatable bonds is 3. The Morgan fingerprint density at radius 3 is 3.00 bits per heavy atom. The number of pyridine rings is 1. The summed E-state index contributed by atoms with van der Waals surface area (Å²) in [6, 6.07) is 5.92. The lowest BCUT2D eigenvalue weighted by Crippen LogP contribution is -1.95. The van der Waals surface area contributed by atoms with E-state index >= 15 is 0 Å². The van der Waals surface area contributed by atoms with Crippen LogP contribution in [0.2, 0.25) is 0 Å². The third kappa shape index (κ3) is 2.23. The molecule has 0 spiro atoms. The maximum absolute atomic E-state index is 5.77. The maximum atomic E-state index is 5.77. The van der Waals surface area contributed by atoms with E-state index in [1.807, 2.05) is 29.8 Å². The molecule has 3 rings (SSSR count). The quantitative estimate of drug-likeness (QED) is 0.730. The van der Waals surface area contributed by atoms with Crippen LogP contribution in [0.4, 0.5) is 0 Å². The van der Waals surface area contributed by atoms with Crippen LogP contribution in [0.15, 0.2) is 46.6 Å². The molecule has 0 saturated heterocycles. The molecule has 0 aliphatic carbocycles. The molecule has 3 aromatic rings. The van der Waals surface area contributed by atoms with Crippen molar-refractivity contribution < 1.29 is 4.74 Å². The Kier molecular flexibility index (Phi) is 3.25. The van der Waals surface area contributed by atoms with Crippen LogP contribution in [0.1, 0.15) is 5.01 Å². The predicted octanol–water partition coefficient (Wildman–Crippen LogP) is 4.03. The Morgan fingerprint density at radius 1 is 1.22 bits per heavy atom. The molecule has 5 heteroatoms. The number of ether oxygens (including phenoxy) is 1. The van der Waals surface area contributed by atoms with E-state index in [4.69, 9.17) is 4.74 Å². The highest BCUT2D eigenvalue weighted by Gasteiger charge is 2.06. The summed E-state index contributed by atoms with van der Waals surface area (Å²) in [7, 11) is 0. The first kappa shape index (κ1) is 11.6. The molecule has 0 atom stereocenters. The molecule has 0 unspecified atom stereocenters. The lowest BCUT2D eigenvalue weighted by Gasteiger charge is -2.08. The highest BCUT2D eigenvalue weighted by Crippen LogP contribution is 2.33. The third-order valence-corrected chi connectivity index (χ3v) is 4.12. The highest BCUT2D eigenvalue weighted by molar-refractivity contribution is 9.10. The summed E-state index contributed by atoms with van der Waals surface area (Å²) in [4.78, 5) is 8.29. The van der Waals surface area contributed by atoms with Crippen LogP contribution in [-0.4, -0.2) is 9.97 Å². The minimum Gasteiger partial charge on any atom is -0.485 e. The van der Waals surface area contributed by atoms with Gasteiger partial charge in [-0.3, -0.25) is 4.98 Å². The first-order valence-corrected chi connectivity index (χ1v) is 7.05. The third-order valence-electron chi connectivity index (χ3n) is 2.55. The predicted molar refractivity (Wildman–Crippen MR) is 75.9 cm³/mol. The van der Waals surface area contributed by atoms with Gasteiger partial charge in [0.2, 0.25) is 0 Å². The smallest absolute Gasteiger partial charge is 0.140 e. The van der Waals surface area contributed by atoms with Gasteiger partial charge in [-0.1, -0.05) is 0 Å². The van der Waals surface area contributed by atoms with Gasteiger partial charge in [0.25, 0.3) is 0 Å². The van der Waals surface area contributed by atoms with Gasteiger partial charge in [0, 0.05) is 34.7 Å². The van der Waals surface area contributed by atoms with Crippen LogP contribution >= 0.6 is 27.3 Å². The number of aromatic nitrogens is 2. The molecule has 0 N–H and O–H groups in total. The number of thiazole rings is 1. The molecule has 0 aliphatic heterocycles. The molecule has 0 aliphatic rings. The molecule has 0 saturated carbocycles. The van der Waals surface area contributed by atoms with Gasteiger partial charge >= 0.3 is 0 Å². The second-order valence-corrected chi connectivity index (χ2v) is 5.46. The van der Waals surface area contributed by atoms with E-state index in [0.717, 1.165) is 26.0 Å². The van der Waals surface area contributed by atoms with Crippen molar-refractivity contribution in [1.29, 1.82) is 0 Å². The van der Waals surface area contributed by atoms with E-state index in [9.17, 15) is 0 Å². The Labute approximate surface area is 117 Å². The zero-order valence-corrected chi connectivity index (χ0v) is 11.7. The Hall–Kier alpha value is -1.46. The molecule has 2 heterocycles. The van der Waals surface area contributed by atoms with Crippen molar-refractivity contribution >= 4 is 38.0 Å². The van der Waals surface area contributed by atoms with Gasteiger partial charge < -0.3 is 4.74 Å². The monoisotopic (exact) mass is 320 g/mol. The van der Waals surface area contributed by atoms with E-state index in [0.29, 0.717) is 6.61 Å². The molecular weight excluding hydrogens is 312 g/mol. The van der Waals surface area contributed by atoms with Gasteiger partial charge in [0.1, 0.15) is 17.4 Å². The molecule has 1 aromatic carbocycles. The number of nitrogens with zero attached hydrogens (tertiary/aromatic N) is 2. The molecule has 0 radical (unpaired) electrons. The summed E-state index contributed by atoms with van der Waals surface area (Å²) in [6.45, 7) is 0.493. The lowest BCUT2D eigenvalue weighted by atomic mass is 10.2. The van der Waals surface area contributed by atoms with Crippen molar-refractivity contribution in [3.63, 3.8) is 0 Å². The summed E-state index contributed by atoms with van der Waals surface area (Å²) in [5, 5.41) is 5.10. The lowest BCUT2D eigenvalue weighted by molar-refractivity contribution is 0.304. The van der Waals surface area contributed by atoms with Crippen molar-refractivity contribution in [2.24, 2.45) is 0 Å². The topological polar surface area (TPSA) is 35.0 Å². The normalized spacial score (nSPS) is 10.7. The summed E-state index contributed by atoms with van der Waals surface area (Å²) in [5.41, 5.74) is 0. The van der Waals surface area contributed by atoms with Gasteiger partial charge in [-0.25, -0.2) is 4.98 Å². The average molecular weight is 321 g/mol. The molecule has 0 bridgehead atoms. The van der Waals surface area contributed by atoms with E-state index in [1.54, 1.807) is 23.7 Å². The van der Waals surface area contributed by atoms with Crippen molar-refractivity contribution in [2.75, 3.05) is 0 Å². The Morgan fingerprint density at radius 2 is 2.17 bits per heavy atom. The standard InChI is InChI=1S/C13H9BrN2OS/c14-13-10-3-4-15-7-9(10)1-2-11(13)17-8-12-16-5-6-18-12/h1-7H,8H2. The largest absolute Gasteiger partial charge is 0.485 e. The minimum absolute atomic E-state index is 0.493. The number of hydrogen-bond donors (Lipinski definition) is 0. The van der Waals surface area contributed by atoms with Crippen molar-refractivity contribution in [3.8, 4) is 5.75 Å². The molecule has 18 heavy (non-hydrogen) atoms. The van der Waals surface area contributed by atoms with Crippen molar-refractivity contribution in [3.05, 3.63) is 51.7 Å². The summed E-state index contributed by atoms with van der Waals surface area (Å²) in [6.07, 6.45) is 5.40. The Bertz CT molecular complexity index is 670. The molecular formula is C13H9BrN2OS. The van der Waals surface area contributed by atoms with Gasteiger partial charge in [-0.15, -0.1) is 11.3 Å². The van der Waals surface area contributed by atoms with E-state index in [2.05, 4.69) is 25.9 Å². The number of fused-ring (bicyclic) bond motifs is 1. The van der Waals surface area contributed by atoms with Gasteiger partial charge in [0.05, 0.1) is 4.47 Å². The highest BCUT2D eigenvalue weighted by atomic mass is 79.9. The second-order valence-electron chi connectivity index (χ2n) is 3.69. The summed E-state index contributed by atoms with van der Waals surface area (Å²) in [5.74, 6) is 0.823. The van der Waals surface area contributed by atoms with Crippen LogP contribution in [0.3, 0.4) is 0 Å².